The van der Waals surface area contributed by atoms with E-state index in [4.69, 9.17) is 10.5 Å². The van der Waals surface area contributed by atoms with E-state index in [0.717, 1.165) is 0 Å². The standard InChI is InChI=1S/C15H16N2O5S/c16-10-22-15(19)12-4-1-3-11(7-12)8-13(18)9-23-6-2-5-14(23)17(20)21/h1-7,23H,8-10,16H2. The van der Waals surface area contributed by atoms with Crippen LogP contribution in [0.25, 0.3) is 0 Å². The molecule has 0 aromatic heterocycles. The van der Waals surface area contributed by atoms with Crippen molar-refractivity contribution in [2.45, 2.75) is 6.42 Å². The van der Waals surface area contributed by atoms with Gasteiger partial charge in [-0.15, -0.1) is 10.9 Å². The van der Waals surface area contributed by atoms with Crippen LogP contribution in [0.5, 0.6) is 0 Å². The first kappa shape index (κ1) is 16.9. The van der Waals surface area contributed by atoms with Gasteiger partial charge in [0.1, 0.15) is 12.5 Å². The largest absolute Gasteiger partial charge is 0.446 e. The molecule has 2 N–H and O–H groups in total. The maximum Gasteiger partial charge on any atom is 0.339 e. The Labute approximate surface area is 135 Å². The van der Waals surface area contributed by atoms with E-state index in [1.165, 1.54) is 6.08 Å². The van der Waals surface area contributed by atoms with E-state index in [2.05, 4.69) is 0 Å². The third kappa shape index (κ3) is 4.51. The van der Waals surface area contributed by atoms with Crippen molar-refractivity contribution >= 4 is 22.6 Å². The van der Waals surface area contributed by atoms with Crippen LogP contribution in [-0.4, -0.2) is 29.2 Å². The van der Waals surface area contributed by atoms with Gasteiger partial charge in [0.2, 0.25) is 0 Å². The molecule has 0 bridgehead atoms. The van der Waals surface area contributed by atoms with Crippen molar-refractivity contribution in [3.8, 4) is 0 Å². The number of esters is 1. The van der Waals surface area contributed by atoms with E-state index in [1.807, 2.05) is 0 Å². The van der Waals surface area contributed by atoms with E-state index in [0.29, 0.717) is 11.1 Å². The monoisotopic (exact) mass is 336 g/mol. The highest BCUT2D eigenvalue weighted by Crippen LogP contribution is 2.41. The Morgan fingerprint density at radius 3 is 2.83 bits per heavy atom. The fourth-order valence-corrected chi connectivity index (χ4v) is 3.84. The first-order valence-electron chi connectivity index (χ1n) is 6.78. The van der Waals surface area contributed by atoms with Crippen LogP contribution in [-0.2, 0) is 16.0 Å². The number of nitrogens with two attached hydrogens (primary N) is 1. The number of carbonyl (C=O) groups is 2. The number of allylic oxidation sites excluding steroid dienone is 2. The number of carbonyl (C=O) groups excluding carboxylic acids is 2. The highest BCUT2D eigenvalue weighted by Gasteiger charge is 2.24. The van der Waals surface area contributed by atoms with Crippen LogP contribution in [0, 0.1) is 10.1 Å². The molecule has 0 saturated carbocycles. The lowest BCUT2D eigenvalue weighted by atomic mass is 10.1. The van der Waals surface area contributed by atoms with Crippen LogP contribution >= 0.6 is 10.9 Å². The summed E-state index contributed by atoms with van der Waals surface area (Å²) in [5.74, 6) is -0.543. The summed E-state index contributed by atoms with van der Waals surface area (Å²) in [6, 6.07) is 6.51. The number of nitro groups is 1. The molecule has 0 fully saturated rings. The minimum absolute atomic E-state index is 0.0913. The number of ketones is 1. The van der Waals surface area contributed by atoms with E-state index >= 15 is 0 Å². The molecular formula is C15H16N2O5S. The van der Waals surface area contributed by atoms with Crippen LogP contribution in [0.3, 0.4) is 0 Å². The molecule has 23 heavy (non-hydrogen) atoms. The summed E-state index contributed by atoms with van der Waals surface area (Å²) in [5.41, 5.74) is 6.13. The van der Waals surface area contributed by atoms with Gasteiger partial charge in [0, 0.05) is 18.2 Å². The molecule has 1 heterocycles. The van der Waals surface area contributed by atoms with Gasteiger partial charge in [0.25, 0.3) is 5.03 Å². The maximum absolute atomic E-state index is 12.1. The first-order valence-corrected chi connectivity index (χ1v) is 8.38. The SMILES string of the molecule is NCOC(=O)c1cccc(CC(=O)C[SH]2C=CC=C2[N+](=O)[O-])c1. The molecule has 2 rings (SSSR count). The predicted octanol–water partition coefficient (Wildman–Crippen LogP) is 1.52. The smallest absolute Gasteiger partial charge is 0.339 e. The molecule has 0 spiro atoms. The minimum Gasteiger partial charge on any atom is -0.446 e. The zero-order valence-corrected chi connectivity index (χ0v) is 13.1. The molecule has 1 aromatic rings. The molecule has 0 radical (unpaired) electrons. The minimum atomic E-state index is -1.19. The summed E-state index contributed by atoms with van der Waals surface area (Å²) < 4.78 is 4.70. The van der Waals surface area contributed by atoms with Gasteiger partial charge < -0.3 is 4.74 Å². The molecule has 1 aliphatic heterocycles. The molecule has 1 aromatic carbocycles. The van der Waals surface area contributed by atoms with Gasteiger partial charge in [-0.05, 0) is 29.2 Å². The van der Waals surface area contributed by atoms with Crippen molar-refractivity contribution < 1.29 is 19.2 Å². The Hall–Kier alpha value is -2.45. The molecule has 1 aliphatic rings. The number of ether oxygens (including phenoxy) is 1. The molecule has 0 amide bonds. The molecule has 0 saturated heterocycles. The number of Topliss-reactive ketones (excluding diaryl/α,β-unsaturated/α-hetero) is 1. The highest BCUT2D eigenvalue weighted by molar-refractivity contribution is 8.23. The average molecular weight is 336 g/mol. The molecule has 1 atom stereocenters. The molecular weight excluding hydrogens is 320 g/mol. The van der Waals surface area contributed by atoms with E-state index in [-0.39, 0.29) is 29.7 Å². The van der Waals surface area contributed by atoms with E-state index < -0.39 is 21.8 Å². The topological polar surface area (TPSA) is 113 Å². The molecule has 0 aliphatic carbocycles. The van der Waals surface area contributed by atoms with Crippen LogP contribution in [0.15, 0.2) is 46.9 Å². The van der Waals surface area contributed by atoms with Crippen molar-refractivity contribution in [3.63, 3.8) is 0 Å². The van der Waals surface area contributed by atoms with Gasteiger partial charge in [0.05, 0.1) is 10.5 Å². The first-order chi connectivity index (χ1) is 11.0. The van der Waals surface area contributed by atoms with Crippen molar-refractivity contribution in [2.75, 3.05) is 12.5 Å². The lowest BCUT2D eigenvalue weighted by Crippen LogP contribution is -2.13. The summed E-state index contributed by atoms with van der Waals surface area (Å²) in [7, 11) is -1.19. The lowest BCUT2D eigenvalue weighted by Gasteiger charge is -2.10. The quantitative estimate of drug-likeness (QED) is 0.257. The van der Waals surface area contributed by atoms with Crippen molar-refractivity contribution in [2.24, 2.45) is 5.73 Å². The Morgan fingerprint density at radius 1 is 1.35 bits per heavy atom. The van der Waals surface area contributed by atoms with Crippen molar-refractivity contribution in [1.82, 2.24) is 0 Å². The van der Waals surface area contributed by atoms with E-state index in [1.54, 1.807) is 35.7 Å². The van der Waals surface area contributed by atoms with Crippen LogP contribution in [0.4, 0.5) is 0 Å². The Balaban J connectivity index is 1.99. The van der Waals surface area contributed by atoms with E-state index in [9.17, 15) is 19.7 Å². The summed E-state index contributed by atoms with van der Waals surface area (Å²) in [6.45, 7) is -0.214. The van der Waals surface area contributed by atoms with Crippen LogP contribution in [0.2, 0.25) is 0 Å². The lowest BCUT2D eigenvalue weighted by molar-refractivity contribution is -0.410. The second-order valence-corrected chi connectivity index (χ2v) is 6.78. The number of thiol groups is 1. The molecule has 1 unspecified atom stereocenters. The second-order valence-electron chi connectivity index (χ2n) is 4.77. The number of rotatable bonds is 7. The normalized spacial score (nSPS) is 17.6. The zero-order chi connectivity index (χ0) is 16.8. The van der Waals surface area contributed by atoms with Gasteiger partial charge in [-0.3, -0.25) is 20.6 Å². The number of benzene rings is 1. The van der Waals surface area contributed by atoms with Gasteiger partial charge in [-0.25, -0.2) is 4.79 Å². The second kappa shape index (κ2) is 7.70. The Kier molecular flexibility index (Phi) is 5.67. The predicted molar refractivity (Wildman–Crippen MR) is 87.7 cm³/mol. The van der Waals surface area contributed by atoms with Crippen LogP contribution in [0.1, 0.15) is 15.9 Å². The van der Waals surface area contributed by atoms with Gasteiger partial charge in [-0.2, -0.15) is 0 Å². The van der Waals surface area contributed by atoms with Crippen molar-refractivity contribution in [3.05, 3.63) is 68.1 Å². The zero-order valence-electron chi connectivity index (χ0n) is 12.2. The average Bonchev–Trinajstić information content (AvgIpc) is 2.96. The van der Waals surface area contributed by atoms with Gasteiger partial charge in [0.15, 0.2) is 0 Å². The Morgan fingerprint density at radius 2 is 2.13 bits per heavy atom. The third-order valence-corrected chi connectivity index (χ3v) is 5.24. The summed E-state index contributed by atoms with van der Waals surface area (Å²) in [5, 5.41) is 12.7. The van der Waals surface area contributed by atoms with Crippen molar-refractivity contribution in [1.29, 1.82) is 0 Å². The van der Waals surface area contributed by atoms with Gasteiger partial charge in [-0.1, -0.05) is 12.1 Å². The number of hydrogen-bond acceptors (Lipinski definition) is 6. The molecule has 7 nitrogen and oxygen atoms in total. The van der Waals surface area contributed by atoms with Crippen LogP contribution < -0.4 is 5.73 Å². The number of hydrogen-bond donors (Lipinski definition) is 2. The Bertz CT molecular complexity index is 699. The summed E-state index contributed by atoms with van der Waals surface area (Å²) in [4.78, 5) is 34.2. The highest BCUT2D eigenvalue weighted by atomic mass is 32.2. The summed E-state index contributed by atoms with van der Waals surface area (Å²) >= 11 is 0. The van der Waals surface area contributed by atoms with Gasteiger partial charge >= 0.3 is 5.97 Å². The molecule has 122 valence electrons. The maximum atomic E-state index is 12.1. The fraction of sp³-hybridized carbons (Fsp3) is 0.200. The molecule has 8 heteroatoms. The third-order valence-electron chi connectivity index (χ3n) is 3.12. The summed E-state index contributed by atoms with van der Waals surface area (Å²) in [6.07, 6.45) is 3.16. The number of nitrogens with zero attached hydrogens (tertiary/aromatic N) is 1. The fourth-order valence-electron chi connectivity index (χ4n) is 2.15.